The van der Waals surface area contributed by atoms with E-state index < -0.39 is 0 Å². The summed E-state index contributed by atoms with van der Waals surface area (Å²) in [6.45, 7) is 1.12. The average Bonchev–Trinajstić information content (AvgIpc) is 2.99. The molecule has 1 aliphatic heterocycles. The van der Waals surface area contributed by atoms with E-state index in [1.165, 1.54) is 20.0 Å². The van der Waals surface area contributed by atoms with Crippen molar-refractivity contribution in [1.29, 1.82) is 0 Å². The number of amides is 1. The quantitative estimate of drug-likeness (QED) is 0.750. The Labute approximate surface area is 108 Å². The molecular formula is C13H22N2O3. The minimum Gasteiger partial charge on any atom is -0.468 e. The third-order valence-corrected chi connectivity index (χ3v) is 3.90. The molecule has 2 rings (SSSR count). The molecule has 0 spiro atoms. The molecule has 1 N–H and O–H groups in total. The van der Waals surface area contributed by atoms with Gasteiger partial charge in [0.2, 0.25) is 5.91 Å². The van der Waals surface area contributed by atoms with Crippen LogP contribution in [0.25, 0.3) is 0 Å². The van der Waals surface area contributed by atoms with E-state index in [1.54, 1.807) is 0 Å². The van der Waals surface area contributed by atoms with Crippen LogP contribution in [0.15, 0.2) is 0 Å². The highest BCUT2D eigenvalue weighted by atomic mass is 16.5. The third kappa shape index (κ3) is 3.22. The van der Waals surface area contributed by atoms with Gasteiger partial charge >= 0.3 is 5.97 Å². The van der Waals surface area contributed by atoms with Crippen LogP contribution in [0.2, 0.25) is 0 Å². The maximum absolute atomic E-state index is 11.9. The third-order valence-electron chi connectivity index (χ3n) is 3.90. The predicted octanol–water partition coefficient (Wildman–Crippen LogP) is 0.683. The number of rotatable bonds is 4. The number of esters is 1. The molecule has 2 aliphatic rings. The Morgan fingerprint density at radius 2 is 1.94 bits per heavy atom. The van der Waals surface area contributed by atoms with E-state index in [-0.39, 0.29) is 17.9 Å². The summed E-state index contributed by atoms with van der Waals surface area (Å²) in [6.07, 6.45) is 6.34. The molecule has 0 radical (unpaired) electrons. The van der Waals surface area contributed by atoms with Crippen LogP contribution in [0.5, 0.6) is 0 Å². The van der Waals surface area contributed by atoms with E-state index in [2.05, 4.69) is 5.32 Å². The van der Waals surface area contributed by atoms with Crippen molar-refractivity contribution in [3.05, 3.63) is 0 Å². The second-order valence-electron chi connectivity index (χ2n) is 5.20. The monoisotopic (exact) mass is 254 g/mol. The number of hydrogen-bond donors (Lipinski definition) is 1. The fraction of sp³-hybridized carbons (Fsp3) is 0.846. The minimum atomic E-state index is -0.232. The van der Waals surface area contributed by atoms with Crippen LogP contribution in [0, 0.1) is 0 Å². The predicted molar refractivity (Wildman–Crippen MR) is 67.0 cm³/mol. The summed E-state index contributed by atoms with van der Waals surface area (Å²) in [5.41, 5.74) is 0. The Morgan fingerprint density at radius 1 is 1.22 bits per heavy atom. The Bertz CT molecular complexity index is 313. The van der Waals surface area contributed by atoms with Crippen LogP contribution in [-0.4, -0.2) is 49.1 Å². The number of hydrogen-bond acceptors (Lipinski definition) is 4. The second-order valence-corrected chi connectivity index (χ2v) is 5.20. The van der Waals surface area contributed by atoms with Gasteiger partial charge in [-0.25, -0.2) is 0 Å². The molecular weight excluding hydrogens is 232 g/mol. The first-order valence-electron chi connectivity index (χ1n) is 6.82. The Balaban J connectivity index is 1.80. The highest BCUT2D eigenvalue weighted by molar-refractivity contribution is 5.81. The van der Waals surface area contributed by atoms with Gasteiger partial charge in [0.15, 0.2) is 0 Å². The summed E-state index contributed by atoms with van der Waals surface area (Å²) >= 11 is 0. The SMILES string of the molecule is COC(=O)C1CCCN1CC(=O)NC1CCCC1. The summed E-state index contributed by atoms with van der Waals surface area (Å²) < 4.78 is 4.77. The molecule has 102 valence electrons. The Hall–Kier alpha value is -1.10. The van der Waals surface area contributed by atoms with E-state index in [0.29, 0.717) is 12.6 Å². The lowest BCUT2D eigenvalue weighted by Crippen LogP contribution is -2.45. The van der Waals surface area contributed by atoms with Crippen LogP contribution < -0.4 is 5.32 Å². The van der Waals surface area contributed by atoms with Gasteiger partial charge in [0.25, 0.3) is 0 Å². The van der Waals surface area contributed by atoms with Crippen molar-refractivity contribution in [1.82, 2.24) is 10.2 Å². The van der Waals surface area contributed by atoms with Gasteiger partial charge in [-0.05, 0) is 32.2 Å². The lowest BCUT2D eigenvalue weighted by atomic mass is 10.2. The van der Waals surface area contributed by atoms with Crippen molar-refractivity contribution < 1.29 is 14.3 Å². The van der Waals surface area contributed by atoms with E-state index >= 15 is 0 Å². The van der Waals surface area contributed by atoms with Gasteiger partial charge in [-0.2, -0.15) is 0 Å². The van der Waals surface area contributed by atoms with Crippen LogP contribution in [0.3, 0.4) is 0 Å². The zero-order valence-corrected chi connectivity index (χ0v) is 11.0. The summed E-state index contributed by atoms with van der Waals surface area (Å²) in [5.74, 6) is -0.182. The zero-order chi connectivity index (χ0) is 13.0. The molecule has 1 aliphatic carbocycles. The molecule has 1 saturated carbocycles. The first-order valence-corrected chi connectivity index (χ1v) is 6.82. The van der Waals surface area contributed by atoms with Crippen LogP contribution >= 0.6 is 0 Å². The normalized spacial score (nSPS) is 25.3. The number of likely N-dealkylation sites (tertiary alicyclic amines) is 1. The van der Waals surface area contributed by atoms with Crippen LogP contribution in [0.4, 0.5) is 0 Å². The lowest BCUT2D eigenvalue weighted by Gasteiger charge is -2.22. The van der Waals surface area contributed by atoms with Crippen molar-refractivity contribution >= 4 is 11.9 Å². The van der Waals surface area contributed by atoms with Crippen molar-refractivity contribution in [2.45, 2.75) is 50.6 Å². The zero-order valence-electron chi connectivity index (χ0n) is 11.0. The highest BCUT2D eigenvalue weighted by Gasteiger charge is 2.32. The molecule has 0 aromatic heterocycles. The van der Waals surface area contributed by atoms with Crippen molar-refractivity contribution in [3.63, 3.8) is 0 Å². The van der Waals surface area contributed by atoms with Gasteiger partial charge in [-0.3, -0.25) is 14.5 Å². The van der Waals surface area contributed by atoms with Crippen molar-refractivity contribution in [3.8, 4) is 0 Å². The largest absolute Gasteiger partial charge is 0.468 e. The molecule has 1 saturated heterocycles. The maximum Gasteiger partial charge on any atom is 0.323 e. The van der Waals surface area contributed by atoms with E-state index in [4.69, 9.17) is 4.74 Å². The molecule has 0 bridgehead atoms. The molecule has 1 unspecified atom stereocenters. The van der Waals surface area contributed by atoms with Gasteiger partial charge in [-0.1, -0.05) is 12.8 Å². The summed E-state index contributed by atoms with van der Waals surface area (Å²) in [4.78, 5) is 25.4. The minimum absolute atomic E-state index is 0.0395. The molecule has 2 fully saturated rings. The number of ether oxygens (including phenoxy) is 1. The number of carbonyl (C=O) groups excluding carboxylic acids is 2. The topological polar surface area (TPSA) is 58.6 Å². The number of methoxy groups -OCH3 is 1. The summed E-state index contributed by atoms with van der Waals surface area (Å²) in [7, 11) is 1.40. The molecule has 0 aromatic rings. The second kappa shape index (κ2) is 6.18. The van der Waals surface area contributed by atoms with E-state index in [0.717, 1.165) is 32.2 Å². The van der Waals surface area contributed by atoms with E-state index in [9.17, 15) is 9.59 Å². The van der Waals surface area contributed by atoms with Gasteiger partial charge in [0.1, 0.15) is 6.04 Å². The summed E-state index contributed by atoms with van der Waals surface area (Å²) in [6, 6.07) is 0.112. The van der Waals surface area contributed by atoms with Gasteiger partial charge in [-0.15, -0.1) is 0 Å². The molecule has 1 atom stereocenters. The highest BCUT2D eigenvalue weighted by Crippen LogP contribution is 2.19. The summed E-state index contributed by atoms with van der Waals surface area (Å²) in [5, 5.41) is 3.05. The number of nitrogens with one attached hydrogen (secondary N) is 1. The van der Waals surface area contributed by atoms with E-state index in [1.807, 2.05) is 4.90 Å². The smallest absolute Gasteiger partial charge is 0.323 e. The Morgan fingerprint density at radius 3 is 2.61 bits per heavy atom. The maximum atomic E-state index is 11.9. The number of carbonyl (C=O) groups is 2. The first kappa shape index (κ1) is 13.3. The molecule has 5 heteroatoms. The molecule has 1 amide bonds. The number of nitrogens with zero attached hydrogens (tertiary/aromatic N) is 1. The first-order chi connectivity index (χ1) is 8.70. The van der Waals surface area contributed by atoms with Crippen molar-refractivity contribution in [2.75, 3.05) is 20.2 Å². The van der Waals surface area contributed by atoms with Gasteiger partial charge in [0.05, 0.1) is 13.7 Å². The van der Waals surface area contributed by atoms with Gasteiger partial charge in [0, 0.05) is 6.04 Å². The molecule has 5 nitrogen and oxygen atoms in total. The Kier molecular flexibility index (Phi) is 4.58. The molecule has 0 aromatic carbocycles. The molecule has 18 heavy (non-hydrogen) atoms. The lowest BCUT2D eigenvalue weighted by molar-refractivity contribution is -0.146. The molecule has 1 heterocycles. The fourth-order valence-electron chi connectivity index (χ4n) is 2.95. The van der Waals surface area contributed by atoms with Crippen LogP contribution in [0.1, 0.15) is 38.5 Å². The van der Waals surface area contributed by atoms with Crippen molar-refractivity contribution in [2.24, 2.45) is 0 Å². The van der Waals surface area contributed by atoms with Gasteiger partial charge < -0.3 is 10.1 Å². The van der Waals surface area contributed by atoms with Crippen LogP contribution in [-0.2, 0) is 14.3 Å². The fourth-order valence-corrected chi connectivity index (χ4v) is 2.95. The standard InChI is InChI=1S/C13H22N2O3/c1-18-13(17)11-7-4-8-15(11)9-12(16)14-10-5-2-3-6-10/h10-11H,2-9H2,1H3,(H,14,16). The average molecular weight is 254 g/mol.